The lowest BCUT2D eigenvalue weighted by atomic mass is 10.1. The molecular formula is C11H19N3O3. The molecule has 6 heteroatoms. The summed E-state index contributed by atoms with van der Waals surface area (Å²) in [5.74, 6) is -1.18. The Morgan fingerprint density at radius 2 is 1.71 bits per heavy atom. The van der Waals surface area contributed by atoms with E-state index in [0.29, 0.717) is 19.5 Å². The first-order valence-corrected chi connectivity index (χ1v) is 6.03. The van der Waals surface area contributed by atoms with Gasteiger partial charge in [-0.1, -0.05) is 0 Å². The van der Waals surface area contributed by atoms with Crippen LogP contribution in [0.1, 0.15) is 6.42 Å². The molecule has 2 aliphatic heterocycles. The van der Waals surface area contributed by atoms with Gasteiger partial charge >= 0.3 is 12.0 Å². The van der Waals surface area contributed by atoms with Gasteiger partial charge in [-0.15, -0.1) is 0 Å². The Morgan fingerprint density at radius 3 is 2.24 bits per heavy atom. The molecule has 2 aliphatic rings. The number of rotatable bonds is 1. The maximum atomic E-state index is 12.1. The van der Waals surface area contributed by atoms with Crippen molar-refractivity contribution in [1.29, 1.82) is 0 Å². The number of carbonyl (C=O) groups is 2. The van der Waals surface area contributed by atoms with Crippen molar-refractivity contribution in [2.45, 2.75) is 6.42 Å². The Balaban J connectivity index is 1.86. The van der Waals surface area contributed by atoms with E-state index in [1.165, 1.54) is 0 Å². The van der Waals surface area contributed by atoms with E-state index in [0.717, 1.165) is 26.2 Å². The summed E-state index contributed by atoms with van der Waals surface area (Å²) in [6.45, 7) is 4.19. The minimum absolute atomic E-state index is 0.00171. The molecule has 2 heterocycles. The van der Waals surface area contributed by atoms with Crippen LogP contribution < -0.4 is 0 Å². The number of piperazine rings is 1. The van der Waals surface area contributed by atoms with Crippen LogP contribution >= 0.6 is 0 Å². The number of likely N-dealkylation sites (tertiary alicyclic amines) is 1. The molecule has 0 aromatic carbocycles. The number of carbonyl (C=O) groups excluding carboxylic acids is 1. The van der Waals surface area contributed by atoms with E-state index in [9.17, 15) is 9.59 Å². The summed E-state index contributed by atoms with van der Waals surface area (Å²) < 4.78 is 0. The summed E-state index contributed by atoms with van der Waals surface area (Å²) in [5.41, 5.74) is 0. The monoisotopic (exact) mass is 241 g/mol. The first-order valence-electron chi connectivity index (χ1n) is 6.03. The summed E-state index contributed by atoms with van der Waals surface area (Å²) in [6, 6.07) is 0.00171. The number of nitrogens with zero attached hydrogens (tertiary/aromatic N) is 3. The Hall–Kier alpha value is -1.30. The minimum atomic E-state index is -0.793. The molecule has 0 bridgehead atoms. The fourth-order valence-electron chi connectivity index (χ4n) is 2.33. The molecule has 0 aromatic heterocycles. The van der Waals surface area contributed by atoms with Crippen molar-refractivity contribution in [1.82, 2.24) is 14.7 Å². The van der Waals surface area contributed by atoms with Crippen LogP contribution in [0.3, 0.4) is 0 Å². The lowest BCUT2D eigenvalue weighted by molar-refractivity contribution is -0.141. The van der Waals surface area contributed by atoms with Crippen LogP contribution in [-0.4, -0.2) is 78.1 Å². The van der Waals surface area contributed by atoms with Crippen LogP contribution in [-0.2, 0) is 4.79 Å². The third-order valence-corrected chi connectivity index (χ3v) is 3.58. The van der Waals surface area contributed by atoms with E-state index in [1.54, 1.807) is 4.90 Å². The average Bonchev–Trinajstić information content (AvgIpc) is 2.78. The van der Waals surface area contributed by atoms with Gasteiger partial charge in [0.05, 0.1) is 5.92 Å². The number of hydrogen-bond donors (Lipinski definition) is 1. The van der Waals surface area contributed by atoms with Gasteiger partial charge in [0.15, 0.2) is 0 Å². The molecule has 6 nitrogen and oxygen atoms in total. The van der Waals surface area contributed by atoms with Gasteiger partial charge in [0, 0.05) is 39.3 Å². The second kappa shape index (κ2) is 4.91. The first-order chi connectivity index (χ1) is 8.08. The van der Waals surface area contributed by atoms with E-state index in [-0.39, 0.29) is 11.9 Å². The molecule has 96 valence electrons. The number of hydrogen-bond acceptors (Lipinski definition) is 3. The highest BCUT2D eigenvalue weighted by Crippen LogP contribution is 2.18. The first kappa shape index (κ1) is 12.2. The van der Waals surface area contributed by atoms with Gasteiger partial charge in [-0.2, -0.15) is 0 Å². The van der Waals surface area contributed by atoms with Crippen LogP contribution in [0.25, 0.3) is 0 Å². The largest absolute Gasteiger partial charge is 0.481 e. The number of amides is 2. The molecule has 1 unspecified atom stereocenters. The maximum absolute atomic E-state index is 12.1. The van der Waals surface area contributed by atoms with Crippen molar-refractivity contribution in [3.05, 3.63) is 0 Å². The van der Waals surface area contributed by atoms with Crippen molar-refractivity contribution in [2.75, 3.05) is 46.3 Å². The molecule has 1 atom stereocenters. The van der Waals surface area contributed by atoms with Crippen LogP contribution in [0.5, 0.6) is 0 Å². The molecule has 0 radical (unpaired) electrons. The van der Waals surface area contributed by atoms with Crippen LogP contribution in [0.4, 0.5) is 4.79 Å². The van der Waals surface area contributed by atoms with Gasteiger partial charge in [-0.3, -0.25) is 4.79 Å². The van der Waals surface area contributed by atoms with E-state index in [4.69, 9.17) is 5.11 Å². The predicted molar refractivity (Wildman–Crippen MR) is 61.8 cm³/mol. The number of carboxylic acid groups (broad SMARTS) is 1. The molecule has 17 heavy (non-hydrogen) atoms. The summed E-state index contributed by atoms with van der Waals surface area (Å²) >= 11 is 0. The SMILES string of the molecule is CN1CCN(C(=O)N2CCC(C(=O)O)C2)CC1. The smallest absolute Gasteiger partial charge is 0.320 e. The Bertz CT molecular complexity index is 313. The lowest BCUT2D eigenvalue weighted by Crippen LogP contribution is -2.51. The number of aliphatic carboxylic acids is 1. The fraction of sp³-hybridized carbons (Fsp3) is 0.818. The summed E-state index contributed by atoms with van der Waals surface area (Å²) in [6.07, 6.45) is 0.578. The van der Waals surface area contributed by atoms with E-state index < -0.39 is 5.97 Å². The Labute approximate surface area is 101 Å². The Kier molecular flexibility index (Phi) is 3.51. The van der Waals surface area contributed by atoms with Gasteiger partial charge in [0.25, 0.3) is 0 Å². The zero-order valence-electron chi connectivity index (χ0n) is 10.1. The van der Waals surface area contributed by atoms with Crippen molar-refractivity contribution in [2.24, 2.45) is 5.92 Å². The van der Waals surface area contributed by atoms with Crippen molar-refractivity contribution in [3.63, 3.8) is 0 Å². The number of likely N-dealkylation sites (N-methyl/N-ethyl adjacent to an activating group) is 1. The highest BCUT2D eigenvalue weighted by Gasteiger charge is 2.33. The second-order valence-electron chi connectivity index (χ2n) is 4.84. The maximum Gasteiger partial charge on any atom is 0.320 e. The molecule has 0 aromatic rings. The molecule has 0 aliphatic carbocycles. The van der Waals surface area contributed by atoms with Crippen LogP contribution in [0.2, 0.25) is 0 Å². The highest BCUT2D eigenvalue weighted by atomic mass is 16.4. The standard InChI is InChI=1S/C11H19N3O3/c1-12-4-6-13(7-5-12)11(17)14-3-2-9(8-14)10(15)16/h9H,2-8H2,1H3,(H,15,16). The van der Waals surface area contributed by atoms with E-state index >= 15 is 0 Å². The third-order valence-electron chi connectivity index (χ3n) is 3.58. The van der Waals surface area contributed by atoms with Gasteiger partial charge in [-0.25, -0.2) is 4.79 Å². The lowest BCUT2D eigenvalue weighted by Gasteiger charge is -2.34. The average molecular weight is 241 g/mol. The molecule has 2 saturated heterocycles. The van der Waals surface area contributed by atoms with Crippen molar-refractivity contribution >= 4 is 12.0 Å². The Morgan fingerprint density at radius 1 is 1.06 bits per heavy atom. The fourth-order valence-corrected chi connectivity index (χ4v) is 2.33. The molecule has 1 N–H and O–H groups in total. The van der Waals surface area contributed by atoms with Crippen molar-refractivity contribution < 1.29 is 14.7 Å². The normalized spacial score (nSPS) is 26.3. The summed E-state index contributed by atoms with van der Waals surface area (Å²) in [4.78, 5) is 28.6. The van der Waals surface area contributed by atoms with E-state index in [2.05, 4.69) is 4.90 Å². The summed E-state index contributed by atoms with van der Waals surface area (Å²) in [7, 11) is 2.04. The molecule has 2 rings (SSSR count). The third kappa shape index (κ3) is 2.69. The molecule has 0 spiro atoms. The molecule has 0 saturated carbocycles. The zero-order chi connectivity index (χ0) is 12.4. The highest BCUT2D eigenvalue weighted by molar-refractivity contribution is 5.77. The topological polar surface area (TPSA) is 64.1 Å². The second-order valence-corrected chi connectivity index (χ2v) is 4.84. The van der Waals surface area contributed by atoms with Crippen LogP contribution in [0.15, 0.2) is 0 Å². The molecule has 2 amide bonds. The van der Waals surface area contributed by atoms with Gasteiger partial charge < -0.3 is 19.8 Å². The van der Waals surface area contributed by atoms with Gasteiger partial charge in [0.1, 0.15) is 0 Å². The van der Waals surface area contributed by atoms with Crippen LogP contribution in [0, 0.1) is 5.92 Å². The predicted octanol–water partition coefficient (Wildman–Crippen LogP) is -0.240. The minimum Gasteiger partial charge on any atom is -0.481 e. The van der Waals surface area contributed by atoms with E-state index in [1.807, 2.05) is 11.9 Å². The molecular weight excluding hydrogens is 222 g/mol. The quantitative estimate of drug-likeness (QED) is 0.688. The number of carboxylic acids is 1. The summed E-state index contributed by atoms with van der Waals surface area (Å²) in [5, 5.41) is 8.90. The molecule has 2 fully saturated rings. The number of urea groups is 1. The van der Waals surface area contributed by atoms with Crippen molar-refractivity contribution in [3.8, 4) is 0 Å². The van der Waals surface area contributed by atoms with Gasteiger partial charge in [-0.05, 0) is 13.5 Å². The van der Waals surface area contributed by atoms with Gasteiger partial charge in [0.2, 0.25) is 0 Å². The zero-order valence-corrected chi connectivity index (χ0v) is 10.1.